The van der Waals surface area contributed by atoms with Crippen LogP contribution >= 0.6 is 0 Å². The van der Waals surface area contributed by atoms with Crippen molar-refractivity contribution >= 4 is 11.9 Å². The molecule has 0 spiro atoms. The number of methoxy groups -OCH3 is 3. The Kier molecular flexibility index (Phi) is 8.27. The number of carboxylic acids is 1. The molecule has 0 radical (unpaired) electrons. The van der Waals surface area contributed by atoms with E-state index in [1.807, 2.05) is 12.1 Å². The van der Waals surface area contributed by atoms with E-state index < -0.39 is 17.4 Å². The Bertz CT molecular complexity index is 837. The maximum atomic E-state index is 14.3. The molecular formula is C26H37NO6. The number of carbonyl (C=O) groups is 2. The molecule has 2 aliphatic rings. The Morgan fingerprint density at radius 1 is 1.09 bits per heavy atom. The third-order valence-electron chi connectivity index (χ3n) is 7.32. The van der Waals surface area contributed by atoms with Gasteiger partial charge in [0.1, 0.15) is 5.54 Å². The molecule has 182 valence electrons. The molecule has 1 aromatic carbocycles. The van der Waals surface area contributed by atoms with Crippen molar-refractivity contribution in [1.82, 2.24) is 4.90 Å². The van der Waals surface area contributed by atoms with Crippen LogP contribution in [0.4, 0.5) is 0 Å². The van der Waals surface area contributed by atoms with E-state index in [1.54, 1.807) is 32.3 Å². The summed E-state index contributed by atoms with van der Waals surface area (Å²) >= 11 is 0. The summed E-state index contributed by atoms with van der Waals surface area (Å²) in [7, 11) is 4.67. The van der Waals surface area contributed by atoms with E-state index in [4.69, 9.17) is 14.2 Å². The van der Waals surface area contributed by atoms with Crippen molar-refractivity contribution in [2.24, 2.45) is 5.92 Å². The Labute approximate surface area is 196 Å². The molecule has 1 saturated carbocycles. The lowest BCUT2D eigenvalue weighted by Crippen LogP contribution is -2.60. The number of nitrogens with zero attached hydrogens (tertiary/aromatic N) is 1. The third-order valence-corrected chi connectivity index (χ3v) is 7.32. The summed E-state index contributed by atoms with van der Waals surface area (Å²) in [6.45, 7) is 4.22. The van der Waals surface area contributed by atoms with Gasteiger partial charge < -0.3 is 24.2 Å². The first kappa shape index (κ1) is 24.9. The van der Waals surface area contributed by atoms with E-state index in [0.717, 1.165) is 50.5 Å². The van der Waals surface area contributed by atoms with Crippen LogP contribution in [-0.2, 0) is 9.59 Å². The van der Waals surface area contributed by atoms with Crippen molar-refractivity contribution in [3.05, 3.63) is 30.4 Å². The van der Waals surface area contributed by atoms with Crippen LogP contribution in [-0.4, -0.2) is 55.3 Å². The Balaban J connectivity index is 2.12. The number of carbonyl (C=O) groups excluding carboxylic acids is 1. The van der Waals surface area contributed by atoms with E-state index in [1.165, 1.54) is 0 Å². The maximum absolute atomic E-state index is 14.3. The normalized spacial score (nSPS) is 22.3. The molecule has 2 fully saturated rings. The highest BCUT2D eigenvalue weighted by Gasteiger charge is 2.49. The average molecular weight is 460 g/mol. The van der Waals surface area contributed by atoms with Crippen LogP contribution in [0.15, 0.2) is 24.8 Å². The zero-order chi connectivity index (χ0) is 24.0. The molecule has 2 atom stereocenters. The Morgan fingerprint density at radius 2 is 1.73 bits per heavy atom. The summed E-state index contributed by atoms with van der Waals surface area (Å²) in [4.78, 5) is 28.4. The smallest absolute Gasteiger partial charge is 0.329 e. The van der Waals surface area contributed by atoms with Gasteiger partial charge in [-0.15, -0.1) is 6.58 Å². The topological polar surface area (TPSA) is 85.3 Å². The quantitative estimate of drug-likeness (QED) is 0.535. The molecule has 3 rings (SSSR count). The number of likely N-dealkylation sites (tertiary alicyclic amines) is 1. The largest absolute Gasteiger partial charge is 0.493 e. The third kappa shape index (κ3) is 4.82. The molecule has 1 heterocycles. The number of rotatable bonds is 9. The monoisotopic (exact) mass is 459 g/mol. The minimum Gasteiger partial charge on any atom is -0.493 e. The maximum Gasteiger partial charge on any atom is 0.329 e. The van der Waals surface area contributed by atoms with E-state index in [0.29, 0.717) is 30.2 Å². The second-order valence-electron chi connectivity index (χ2n) is 9.11. The molecule has 1 amide bonds. The fourth-order valence-corrected chi connectivity index (χ4v) is 5.65. The van der Waals surface area contributed by atoms with E-state index in [-0.39, 0.29) is 18.2 Å². The van der Waals surface area contributed by atoms with Crippen LogP contribution in [0.1, 0.15) is 69.3 Å². The van der Waals surface area contributed by atoms with Gasteiger partial charge in [-0.1, -0.05) is 25.3 Å². The van der Waals surface area contributed by atoms with E-state index in [2.05, 4.69) is 6.58 Å². The van der Waals surface area contributed by atoms with Gasteiger partial charge >= 0.3 is 5.97 Å². The highest BCUT2D eigenvalue weighted by molar-refractivity contribution is 5.91. The van der Waals surface area contributed by atoms with Gasteiger partial charge in [-0.05, 0) is 62.1 Å². The van der Waals surface area contributed by atoms with Gasteiger partial charge in [0, 0.05) is 6.54 Å². The summed E-state index contributed by atoms with van der Waals surface area (Å²) in [6, 6.07) is 3.69. The lowest BCUT2D eigenvalue weighted by Gasteiger charge is -2.46. The number of benzene rings is 1. The van der Waals surface area contributed by atoms with Crippen molar-refractivity contribution < 1.29 is 28.9 Å². The second kappa shape index (κ2) is 10.9. The minimum atomic E-state index is -1.25. The van der Waals surface area contributed by atoms with Crippen LogP contribution in [0.2, 0.25) is 0 Å². The SMILES string of the molecule is C=CC[C@]1(C(=O)O)CCCCN1C(=O)[C@H](c1cc(OC)c(OC)c(OC)c1)C1CCCCC1. The van der Waals surface area contributed by atoms with E-state index >= 15 is 0 Å². The van der Waals surface area contributed by atoms with Crippen molar-refractivity contribution in [2.75, 3.05) is 27.9 Å². The van der Waals surface area contributed by atoms with Crippen molar-refractivity contribution in [3.8, 4) is 17.2 Å². The highest BCUT2D eigenvalue weighted by atomic mass is 16.5. The summed E-state index contributed by atoms with van der Waals surface area (Å²) in [5.41, 5.74) is -0.463. The van der Waals surface area contributed by atoms with E-state index in [9.17, 15) is 14.7 Å². The average Bonchev–Trinajstić information content (AvgIpc) is 2.84. The van der Waals surface area contributed by atoms with Crippen molar-refractivity contribution in [3.63, 3.8) is 0 Å². The van der Waals surface area contributed by atoms with Gasteiger partial charge in [-0.3, -0.25) is 4.79 Å². The standard InChI is InChI=1S/C26H37NO6/c1-5-13-26(25(29)30)14-9-10-15-27(26)24(28)22(18-11-7-6-8-12-18)19-16-20(31-2)23(33-4)21(17-19)32-3/h5,16-18,22H,1,6-15H2,2-4H3,(H,29,30)/t22-,26+/m0/s1. The predicted molar refractivity (Wildman–Crippen MR) is 126 cm³/mol. The van der Waals surface area contributed by atoms with Gasteiger partial charge in [-0.2, -0.15) is 0 Å². The molecule has 7 heteroatoms. The second-order valence-corrected chi connectivity index (χ2v) is 9.11. The lowest BCUT2D eigenvalue weighted by atomic mass is 9.74. The van der Waals surface area contributed by atoms with Gasteiger partial charge in [0.15, 0.2) is 11.5 Å². The molecule has 1 N–H and O–H groups in total. The number of amides is 1. The number of carboxylic acid groups (broad SMARTS) is 1. The predicted octanol–water partition coefficient (Wildman–Crippen LogP) is 4.79. The first-order valence-electron chi connectivity index (χ1n) is 11.9. The summed E-state index contributed by atoms with van der Waals surface area (Å²) < 4.78 is 16.6. The first-order valence-corrected chi connectivity index (χ1v) is 11.9. The fraction of sp³-hybridized carbons (Fsp3) is 0.615. The van der Waals surface area contributed by atoms with Gasteiger partial charge in [-0.25, -0.2) is 4.79 Å². The summed E-state index contributed by atoms with van der Waals surface area (Å²) in [5, 5.41) is 10.2. The summed E-state index contributed by atoms with van der Waals surface area (Å²) in [6.07, 6.45) is 9.02. The van der Waals surface area contributed by atoms with Gasteiger partial charge in [0.05, 0.1) is 27.2 Å². The number of aliphatic carboxylic acids is 1. The van der Waals surface area contributed by atoms with Crippen molar-refractivity contribution in [1.29, 1.82) is 0 Å². The number of ether oxygens (including phenoxy) is 3. The number of piperidine rings is 1. The molecule has 1 aliphatic carbocycles. The van der Waals surface area contributed by atoms with Crippen molar-refractivity contribution in [2.45, 2.75) is 69.2 Å². The van der Waals surface area contributed by atoms with Crippen LogP contribution in [0.25, 0.3) is 0 Å². The Hall–Kier alpha value is -2.70. The zero-order valence-corrected chi connectivity index (χ0v) is 20.1. The minimum absolute atomic E-state index is 0.125. The molecule has 0 unspecified atom stereocenters. The fourth-order valence-electron chi connectivity index (χ4n) is 5.65. The van der Waals surface area contributed by atoms with Crippen LogP contribution in [0.3, 0.4) is 0 Å². The molecule has 1 aromatic rings. The zero-order valence-electron chi connectivity index (χ0n) is 20.1. The summed E-state index contributed by atoms with van der Waals surface area (Å²) in [5.74, 6) is 0.0437. The molecule has 0 aromatic heterocycles. The molecule has 1 aliphatic heterocycles. The van der Waals surface area contributed by atoms with Gasteiger partial charge in [0.25, 0.3) is 0 Å². The molecule has 33 heavy (non-hydrogen) atoms. The number of hydrogen-bond donors (Lipinski definition) is 1. The highest BCUT2D eigenvalue weighted by Crippen LogP contribution is 2.46. The Morgan fingerprint density at radius 3 is 2.24 bits per heavy atom. The molecule has 1 saturated heterocycles. The van der Waals surface area contributed by atoms with Gasteiger partial charge in [0.2, 0.25) is 11.7 Å². The molecular weight excluding hydrogens is 422 g/mol. The molecule has 7 nitrogen and oxygen atoms in total. The first-order chi connectivity index (χ1) is 15.9. The number of hydrogen-bond acceptors (Lipinski definition) is 5. The lowest BCUT2D eigenvalue weighted by molar-refractivity contribution is -0.163. The van der Waals surface area contributed by atoms with Crippen LogP contribution in [0, 0.1) is 5.92 Å². The van der Waals surface area contributed by atoms with Crippen LogP contribution < -0.4 is 14.2 Å². The van der Waals surface area contributed by atoms with Crippen LogP contribution in [0.5, 0.6) is 17.2 Å². The molecule has 0 bridgehead atoms.